The first-order valence-corrected chi connectivity index (χ1v) is 7.32. The smallest absolute Gasteiger partial charge is 0.261 e. The molecule has 0 radical (unpaired) electrons. The number of rotatable bonds is 5. The standard InChI is InChI=1S/C15H15FN2O2S/c1-10-4-5-11(9-12(10)16)18-14(19)6-7-17-15(20)13-3-2-8-21-13/h2-5,8-9H,6-7H2,1H3,(H,17,20)(H,18,19). The fourth-order valence-electron chi connectivity index (χ4n) is 1.68. The number of anilines is 1. The average molecular weight is 306 g/mol. The maximum absolute atomic E-state index is 13.3. The molecule has 4 nitrogen and oxygen atoms in total. The lowest BCUT2D eigenvalue weighted by molar-refractivity contribution is -0.116. The van der Waals surface area contributed by atoms with Crippen LogP contribution in [0.2, 0.25) is 0 Å². The zero-order chi connectivity index (χ0) is 15.2. The van der Waals surface area contributed by atoms with Gasteiger partial charge in [0.05, 0.1) is 4.88 Å². The van der Waals surface area contributed by atoms with Crippen LogP contribution in [0.4, 0.5) is 10.1 Å². The molecule has 21 heavy (non-hydrogen) atoms. The molecule has 0 bridgehead atoms. The number of benzene rings is 1. The lowest BCUT2D eigenvalue weighted by Gasteiger charge is -2.07. The van der Waals surface area contributed by atoms with Gasteiger partial charge in [-0.3, -0.25) is 9.59 Å². The maximum atomic E-state index is 13.3. The molecule has 6 heteroatoms. The molecule has 0 aliphatic heterocycles. The minimum atomic E-state index is -0.362. The highest BCUT2D eigenvalue weighted by Crippen LogP contribution is 2.13. The third-order valence-corrected chi connectivity index (χ3v) is 3.71. The van der Waals surface area contributed by atoms with E-state index in [4.69, 9.17) is 0 Å². The number of aryl methyl sites for hydroxylation is 1. The van der Waals surface area contributed by atoms with E-state index in [9.17, 15) is 14.0 Å². The molecular weight excluding hydrogens is 291 g/mol. The fourth-order valence-corrected chi connectivity index (χ4v) is 2.32. The van der Waals surface area contributed by atoms with Gasteiger partial charge in [-0.1, -0.05) is 12.1 Å². The summed E-state index contributed by atoms with van der Waals surface area (Å²) in [6, 6.07) is 8.02. The van der Waals surface area contributed by atoms with Gasteiger partial charge < -0.3 is 10.6 Å². The highest BCUT2D eigenvalue weighted by Gasteiger charge is 2.08. The molecule has 0 saturated heterocycles. The van der Waals surface area contributed by atoms with E-state index in [1.807, 2.05) is 5.38 Å². The van der Waals surface area contributed by atoms with Crippen molar-refractivity contribution < 1.29 is 14.0 Å². The summed E-state index contributed by atoms with van der Waals surface area (Å²) < 4.78 is 13.3. The summed E-state index contributed by atoms with van der Waals surface area (Å²) in [7, 11) is 0. The van der Waals surface area contributed by atoms with Gasteiger partial charge in [0.15, 0.2) is 0 Å². The summed E-state index contributed by atoms with van der Waals surface area (Å²) in [4.78, 5) is 23.9. The Morgan fingerprint density at radius 1 is 1.29 bits per heavy atom. The van der Waals surface area contributed by atoms with Crippen molar-refractivity contribution in [1.29, 1.82) is 0 Å². The first-order valence-electron chi connectivity index (χ1n) is 6.44. The van der Waals surface area contributed by atoms with Crippen LogP contribution in [0.3, 0.4) is 0 Å². The van der Waals surface area contributed by atoms with E-state index in [1.165, 1.54) is 17.4 Å². The molecular formula is C15H15FN2O2S. The van der Waals surface area contributed by atoms with E-state index < -0.39 is 0 Å². The van der Waals surface area contributed by atoms with Crippen LogP contribution in [-0.2, 0) is 4.79 Å². The molecule has 0 unspecified atom stereocenters. The topological polar surface area (TPSA) is 58.2 Å². The van der Waals surface area contributed by atoms with Crippen molar-refractivity contribution in [3.05, 3.63) is 52.0 Å². The zero-order valence-corrected chi connectivity index (χ0v) is 12.3. The molecule has 0 fully saturated rings. The van der Waals surface area contributed by atoms with Gasteiger partial charge >= 0.3 is 0 Å². The van der Waals surface area contributed by atoms with Gasteiger partial charge in [0.2, 0.25) is 5.91 Å². The quantitative estimate of drug-likeness (QED) is 0.892. The summed E-state index contributed by atoms with van der Waals surface area (Å²) >= 11 is 1.34. The van der Waals surface area contributed by atoms with Gasteiger partial charge in [-0.2, -0.15) is 0 Å². The van der Waals surface area contributed by atoms with Crippen molar-refractivity contribution in [1.82, 2.24) is 5.32 Å². The van der Waals surface area contributed by atoms with Gasteiger partial charge in [-0.05, 0) is 36.1 Å². The summed E-state index contributed by atoms with van der Waals surface area (Å²) in [6.07, 6.45) is 0.132. The predicted molar refractivity (Wildman–Crippen MR) is 81.0 cm³/mol. The summed E-state index contributed by atoms with van der Waals surface area (Å²) in [5, 5.41) is 7.06. The molecule has 0 aliphatic carbocycles. The van der Waals surface area contributed by atoms with Crippen molar-refractivity contribution in [2.24, 2.45) is 0 Å². The van der Waals surface area contributed by atoms with Crippen molar-refractivity contribution in [2.75, 3.05) is 11.9 Å². The second-order valence-electron chi connectivity index (χ2n) is 4.50. The van der Waals surface area contributed by atoms with E-state index in [0.717, 1.165) is 0 Å². The Kier molecular flexibility index (Phi) is 5.05. The molecule has 2 aromatic rings. The van der Waals surface area contributed by atoms with Crippen LogP contribution in [0.5, 0.6) is 0 Å². The summed E-state index contributed by atoms with van der Waals surface area (Å²) in [6.45, 7) is 1.89. The van der Waals surface area contributed by atoms with Crippen molar-refractivity contribution in [3.63, 3.8) is 0 Å². The maximum Gasteiger partial charge on any atom is 0.261 e. The molecule has 1 heterocycles. The van der Waals surface area contributed by atoms with Crippen LogP contribution in [-0.4, -0.2) is 18.4 Å². The second-order valence-corrected chi connectivity index (χ2v) is 5.44. The average Bonchev–Trinajstić information content (AvgIpc) is 2.97. The third kappa shape index (κ3) is 4.39. The number of halogens is 1. The Morgan fingerprint density at radius 2 is 2.10 bits per heavy atom. The summed E-state index contributed by atoms with van der Waals surface area (Å²) in [5.41, 5.74) is 0.934. The fraction of sp³-hybridized carbons (Fsp3) is 0.200. The summed E-state index contributed by atoms with van der Waals surface area (Å²) in [5.74, 6) is -0.831. The van der Waals surface area contributed by atoms with E-state index in [2.05, 4.69) is 10.6 Å². The number of nitrogens with one attached hydrogen (secondary N) is 2. The molecule has 0 spiro atoms. The number of hydrogen-bond acceptors (Lipinski definition) is 3. The molecule has 2 N–H and O–H groups in total. The number of hydrogen-bond donors (Lipinski definition) is 2. The highest BCUT2D eigenvalue weighted by atomic mass is 32.1. The van der Waals surface area contributed by atoms with Gasteiger partial charge in [0.1, 0.15) is 5.82 Å². The van der Waals surface area contributed by atoms with Crippen LogP contribution < -0.4 is 10.6 Å². The first kappa shape index (κ1) is 15.2. The third-order valence-electron chi connectivity index (χ3n) is 2.84. The van der Waals surface area contributed by atoms with E-state index in [-0.39, 0.29) is 30.6 Å². The number of carbonyl (C=O) groups excluding carboxylic acids is 2. The van der Waals surface area contributed by atoms with Crippen molar-refractivity contribution in [3.8, 4) is 0 Å². The van der Waals surface area contributed by atoms with Crippen LogP contribution in [0, 0.1) is 12.7 Å². The highest BCUT2D eigenvalue weighted by molar-refractivity contribution is 7.12. The van der Waals surface area contributed by atoms with E-state index >= 15 is 0 Å². The molecule has 1 aromatic carbocycles. The van der Waals surface area contributed by atoms with Crippen molar-refractivity contribution >= 4 is 28.8 Å². The Labute approximate surface area is 126 Å². The lowest BCUT2D eigenvalue weighted by Crippen LogP contribution is -2.27. The van der Waals surface area contributed by atoms with E-state index in [1.54, 1.807) is 31.2 Å². The SMILES string of the molecule is Cc1ccc(NC(=O)CCNC(=O)c2cccs2)cc1F. The van der Waals surface area contributed by atoms with Crippen LogP contribution >= 0.6 is 11.3 Å². The van der Waals surface area contributed by atoms with Gasteiger partial charge in [-0.15, -0.1) is 11.3 Å². The number of carbonyl (C=O) groups is 2. The van der Waals surface area contributed by atoms with E-state index in [0.29, 0.717) is 16.1 Å². The van der Waals surface area contributed by atoms with Gasteiger partial charge in [-0.25, -0.2) is 4.39 Å². The minimum absolute atomic E-state index is 0.132. The Hall–Kier alpha value is -2.21. The zero-order valence-electron chi connectivity index (χ0n) is 11.5. The lowest BCUT2D eigenvalue weighted by atomic mass is 10.2. The van der Waals surface area contributed by atoms with Crippen molar-refractivity contribution in [2.45, 2.75) is 13.3 Å². The Bertz CT molecular complexity index is 641. The monoisotopic (exact) mass is 306 g/mol. The van der Waals surface area contributed by atoms with Crippen LogP contribution in [0.25, 0.3) is 0 Å². The normalized spacial score (nSPS) is 10.2. The van der Waals surface area contributed by atoms with Gasteiger partial charge in [0.25, 0.3) is 5.91 Å². The first-order chi connectivity index (χ1) is 10.1. The molecule has 0 aliphatic rings. The number of thiophene rings is 1. The molecule has 110 valence electrons. The molecule has 1 aromatic heterocycles. The van der Waals surface area contributed by atoms with Crippen LogP contribution in [0.1, 0.15) is 21.7 Å². The molecule has 0 atom stereocenters. The second kappa shape index (κ2) is 6.99. The number of amides is 2. The minimum Gasteiger partial charge on any atom is -0.351 e. The van der Waals surface area contributed by atoms with Gasteiger partial charge in [0, 0.05) is 18.7 Å². The largest absolute Gasteiger partial charge is 0.351 e. The van der Waals surface area contributed by atoms with Crippen LogP contribution in [0.15, 0.2) is 35.7 Å². The molecule has 0 saturated carbocycles. The Balaban J connectivity index is 1.77. The predicted octanol–water partition coefficient (Wildman–Crippen LogP) is 2.95. The molecule has 2 amide bonds. The Morgan fingerprint density at radius 3 is 2.76 bits per heavy atom. The molecule has 2 rings (SSSR count).